The number of benzene rings is 2. The summed E-state index contributed by atoms with van der Waals surface area (Å²) in [4.78, 5) is 0. The predicted molar refractivity (Wildman–Crippen MR) is 68.1 cm³/mol. The minimum absolute atomic E-state index is 0.186. The lowest BCUT2D eigenvalue weighted by molar-refractivity contribution is -0.284. The van der Waals surface area contributed by atoms with E-state index in [1.807, 2.05) is 0 Å². The van der Waals surface area contributed by atoms with Crippen LogP contribution in [0.3, 0.4) is 0 Å². The van der Waals surface area contributed by atoms with E-state index in [2.05, 4.69) is 0 Å². The topological polar surface area (TPSA) is 0 Å². The highest BCUT2D eigenvalue weighted by molar-refractivity contribution is 6.22. The summed E-state index contributed by atoms with van der Waals surface area (Å²) in [5.74, 6) is -3.61. The van der Waals surface area contributed by atoms with Crippen molar-refractivity contribution in [3.05, 3.63) is 48.0 Å². The Morgan fingerprint density at radius 1 is 0.762 bits per heavy atom. The van der Waals surface area contributed by atoms with Crippen molar-refractivity contribution in [2.24, 2.45) is 5.92 Å². The number of hydrogen-bond donors (Lipinski definition) is 0. The van der Waals surface area contributed by atoms with Crippen LogP contribution in [0.2, 0.25) is 0 Å². The molecule has 2 aromatic carbocycles. The molecule has 1 unspecified atom stereocenters. The van der Waals surface area contributed by atoms with Crippen molar-refractivity contribution in [3.8, 4) is 0 Å². The monoisotopic (exact) mass is 326 g/mol. The van der Waals surface area contributed by atoms with Crippen LogP contribution in [0, 0.1) is 5.92 Å². The molecule has 0 aromatic heterocycles. The second-order valence-corrected chi connectivity index (χ2v) is 5.00. The maximum Gasteiger partial charge on any atom is 0.402 e. The van der Waals surface area contributed by atoms with Gasteiger partial charge in [-0.2, -0.15) is 26.3 Å². The van der Waals surface area contributed by atoms with Crippen LogP contribution in [0.5, 0.6) is 0 Å². The van der Waals surface area contributed by atoms with Gasteiger partial charge in [-0.05, 0) is 16.3 Å². The van der Waals surface area contributed by atoms with E-state index in [0.29, 0.717) is 5.39 Å². The fraction of sp³-hybridized carbons (Fsp3) is 0.286. The third-order valence-electron chi connectivity index (χ3n) is 3.12. The molecule has 0 heterocycles. The summed E-state index contributed by atoms with van der Waals surface area (Å²) in [6.45, 7) is 0. The van der Waals surface area contributed by atoms with Gasteiger partial charge in [0, 0.05) is 0 Å². The lowest BCUT2D eigenvalue weighted by Crippen LogP contribution is -2.39. The zero-order valence-electron chi connectivity index (χ0n) is 10.3. The van der Waals surface area contributed by atoms with Gasteiger partial charge in [0.05, 0.1) is 5.38 Å². The average molecular weight is 327 g/mol. The number of hydrogen-bond acceptors (Lipinski definition) is 0. The highest BCUT2D eigenvalue weighted by Gasteiger charge is 2.60. The summed E-state index contributed by atoms with van der Waals surface area (Å²) >= 11 is 5.58. The molecule has 0 saturated heterocycles. The molecule has 0 fully saturated rings. The van der Waals surface area contributed by atoms with Crippen LogP contribution >= 0.6 is 11.6 Å². The van der Waals surface area contributed by atoms with Gasteiger partial charge in [0.25, 0.3) is 0 Å². The second kappa shape index (κ2) is 5.40. The molecule has 0 radical (unpaired) electrons. The Morgan fingerprint density at radius 3 is 1.86 bits per heavy atom. The SMILES string of the molecule is FC(F)(F)C(C(Cl)c1cccc2ccccc12)C(F)(F)F. The molecule has 7 heteroatoms. The third kappa shape index (κ3) is 3.26. The first-order valence-electron chi connectivity index (χ1n) is 5.87. The Hall–Kier alpha value is -1.43. The molecule has 0 aliphatic heterocycles. The summed E-state index contributed by atoms with van der Waals surface area (Å²) < 4.78 is 76.5. The quantitative estimate of drug-likeness (QED) is 0.479. The van der Waals surface area contributed by atoms with Crippen molar-refractivity contribution < 1.29 is 26.3 Å². The molecular weight excluding hydrogens is 318 g/mol. The lowest BCUT2D eigenvalue weighted by Gasteiger charge is -2.27. The Labute approximate surface area is 121 Å². The molecule has 0 amide bonds. The van der Waals surface area contributed by atoms with Crippen LogP contribution in [0.15, 0.2) is 42.5 Å². The van der Waals surface area contributed by atoms with Crippen LogP contribution in [-0.4, -0.2) is 12.4 Å². The van der Waals surface area contributed by atoms with Gasteiger partial charge in [0.15, 0.2) is 5.92 Å². The predicted octanol–water partition coefficient (Wildman–Crippen LogP) is 5.86. The Morgan fingerprint density at radius 2 is 1.29 bits per heavy atom. The Balaban J connectivity index is 2.57. The van der Waals surface area contributed by atoms with Crippen LogP contribution in [0.4, 0.5) is 26.3 Å². The molecule has 2 aromatic rings. The van der Waals surface area contributed by atoms with Crippen molar-refractivity contribution >= 4 is 22.4 Å². The van der Waals surface area contributed by atoms with E-state index in [4.69, 9.17) is 11.6 Å². The van der Waals surface area contributed by atoms with Gasteiger partial charge in [0.1, 0.15) is 0 Å². The van der Waals surface area contributed by atoms with Gasteiger partial charge in [-0.15, -0.1) is 11.6 Å². The molecule has 0 spiro atoms. The molecule has 21 heavy (non-hydrogen) atoms. The lowest BCUT2D eigenvalue weighted by atomic mass is 9.93. The van der Waals surface area contributed by atoms with Gasteiger partial charge in [-0.3, -0.25) is 0 Å². The van der Waals surface area contributed by atoms with Gasteiger partial charge in [-0.1, -0.05) is 42.5 Å². The minimum atomic E-state index is -5.47. The third-order valence-corrected chi connectivity index (χ3v) is 3.61. The molecule has 0 aliphatic rings. The number of rotatable bonds is 2. The van der Waals surface area contributed by atoms with E-state index in [1.54, 1.807) is 18.2 Å². The number of alkyl halides is 7. The van der Waals surface area contributed by atoms with E-state index in [-0.39, 0.29) is 10.9 Å². The number of fused-ring (bicyclic) bond motifs is 1. The normalized spacial score (nSPS) is 14.7. The summed E-state index contributed by atoms with van der Waals surface area (Å²) in [6, 6.07) is 10.4. The first kappa shape index (κ1) is 15.9. The maximum absolute atomic E-state index is 12.7. The Kier molecular flexibility index (Phi) is 4.10. The largest absolute Gasteiger partial charge is 0.402 e. The van der Waals surface area contributed by atoms with Gasteiger partial charge in [0.2, 0.25) is 0 Å². The van der Waals surface area contributed by atoms with Crippen molar-refractivity contribution in [2.75, 3.05) is 0 Å². The van der Waals surface area contributed by atoms with Gasteiger partial charge >= 0.3 is 12.4 Å². The zero-order valence-corrected chi connectivity index (χ0v) is 11.1. The minimum Gasteiger partial charge on any atom is -0.170 e. The van der Waals surface area contributed by atoms with E-state index in [1.165, 1.54) is 24.3 Å². The molecule has 0 N–H and O–H groups in total. The Bertz CT molecular complexity index is 612. The van der Waals surface area contributed by atoms with Crippen LogP contribution < -0.4 is 0 Å². The van der Waals surface area contributed by atoms with E-state index < -0.39 is 23.6 Å². The molecule has 0 bridgehead atoms. The van der Waals surface area contributed by atoms with E-state index >= 15 is 0 Å². The van der Waals surface area contributed by atoms with Crippen LogP contribution in [0.25, 0.3) is 10.8 Å². The summed E-state index contributed by atoms with van der Waals surface area (Å²) in [5.41, 5.74) is -0.186. The molecule has 0 saturated carbocycles. The van der Waals surface area contributed by atoms with Crippen molar-refractivity contribution in [1.29, 1.82) is 0 Å². The van der Waals surface area contributed by atoms with Crippen molar-refractivity contribution in [3.63, 3.8) is 0 Å². The summed E-state index contributed by atoms with van der Waals surface area (Å²) in [5, 5.41) is -1.43. The van der Waals surface area contributed by atoms with Crippen molar-refractivity contribution in [1.82, 2.24) is 0 Å². The fourth-order valence-electron chi connectivity index (χ4n) is 2.19. The summed E-state index contributed by atoms with van der Waals surface area (Å²) in [6.07, 6.45) is -10.9. The molecule has 2 rings (SSSR count). The second-order valence-electron chi connectivity index (χ2n) is 4.53. The van der Waals surface area contributed by atoms with E-state index in [0.717, 1.165) is 0 Å². The summed E-state index contributed by atoms with van der Waals surface area (Å²) in [7, 11) is 0. The molecule has 0 nitrogen and oxygen atoms in total. The molecule has 0 aliphatic carbocycles. The zero-order chi connectivity index (χ0) is 15.8. The van der Waals surface area contributed by atoms with Gasteiger partial charge < -0.3 is 0 Å². The maximum atomic E-state index is 12.7. The van der Waals surface area contributed by atoms with Crippen LogP contribution in [-0.2, 0) is 0 Å². The first-order chi connectivity index (χ1) is 9.62. The molecular formula is C14H9ClF6. The first-order valence-corrected chi connectivity index (χ1v) is 6.31. The van der Waals surface area contributed by atoms with E-state index in [9.17, 15) is 26.3 Å². The van der Waals surface area contributed by atoms with Crippen molar-refractivity contribution in [2.45, 2.75) is 17.7 Å². The van der Waals surface area contributed by atoms with Crippen LogP contribution in [0.1, 0.15) is 10.9 Å². The number of halogens is 7. The smallest absolute Gasteiger partial charge is 0.170 e. The molecule has 114 valence electrons. The molecule has 1 atom stereocenters. The highest BCUT2D eigenvalue weighted by atomic mass is 35.5. The van der Waals surface area contributed by atoms with Gasteiger partial charge in [-0.25, -0.2) is 0 Å². The highest BCUT2D eigenvalue weighted by Crippen LogP contribution is 2.50. The average Bonchev–Trinajstić information content (AvgIpc) is 2.34. The standard InChI is InChI=1S/C14H9ClF6/c15-11(12(13(16,17)18)14(19,20)21)10-7-3-5-8-4-1-2-6-9(8)10/h1-7,11-12H. The fourth-order valence-corrected chi connectivity index (χ4v) is 2.66.